The standard InChI is InChI=1S/C17H21F3N4O/c1-11-5-8-24(15(25)9-17(18,19)20)10-14(11)23(2)13-4-7-22-16-12(13)3-6-21-16/h3-4,6-7,11,14H,5,8-10H2,1-2H3,(H,21,22)/t11-,14+/m1/s1. The van der Waals surface area contributed by atoms with Crippen molar-refractivity contribution in [3.05, 3.63) is 24.5 Å². The third-order valence-electron chi connectivity index (χ3n) is 4.94. The van der Waals surface area contributed by atoms with Crippen molar-refractivity contribution < 1.29 is 18.0 Å². The molecule has 0 aromatic carbocycles. The molecule has 3 rings (SSSR count). The topological polar surface area (TPSA) is 52.2 Å². The Morgan fingerprint density at radius 3 is 2.92 bits per heavy atom. The van der Waals surface area contributed by atoms with E-state index in [2.05, 4.69) is 21.8 Å². The second-order valence-electron chi connectivity index (χ2n) is 6.65. The number of H-pyrrole nitrogens is 1. The number of anilines is 1. The molecule has 136 valence electrons. The molecule has 1 aliphatic rings. The van der Waals surface area contributed by atoms with E-state index < -0.39 is 18.5 Å². The Bertz CT molecular complexity index is 758. The lowest BCUT2D eigenvalue weighted by atomic mass is 9.91. The van der Waals surface area contributed by atoms with Crippen LogP contribution in [0.2, 0.25) is 0 Å². The lowest BCUT2D eigenvalue weighted by molar-refractivity contribution is -0.162. The van der Waals surface area contributed by atoms with E-state index in [0.29, 0.717) is 19.5 Å². The summed E-state index contributed by atoms with van der Waals surface area (Å²) in [4.78, 5) is 22.7. The number of pyridine rings is 1. The van der Waals surface area contributed by atoms with Crippen molar-refractivity contribution in [2.24, 2.45) is 5.92 Å². The highest BCUT2D eigenvalue weighted by molar-refractivity contribution is 5.89. The van der Waals surface area contributed by atoms with E-state index in [-0.39, 0.29) is 12.0 Å². The maximum Gasteiger partial charge on any atom is 0.397 e. The van der Waals surface area contributed by atoms with Gasteiger partial charge >= 0.3 is 6.18 Å². The second kappa shape index (κ2) is 6.57. The highest BCUT2D eigenvalue weighted by Gasteiger charge is 2.37. The summed E-state index contributed by atoms with van der Waals surface area (Å²) < 4.78 is 37.6. The van der Waals surface area contributed by atoms with Gasteiger partial charge in [-0.25, -0.2) is 4.98 Å². The van der Waals surface area contributed by atoms with Crippen LogP contribution in [0.1, 0.15) is 19.8 Å². The quantitative estimate of drug-likeness (QED) is 0.921. The first kappa shape index (κ1) is 17.6. The number of amides is 1. The van der Waals surface area contributed by atoms with Crippen molar-refractivity contribution in [3.8, 4) is 0 Å². The zero-order valence-corrected chi connectivity index (χ0v) is 14.2. The van der Waals surface area contributed by atoms with E-state index in [9.17, 15) is 18.0 Å². The predicted octanol–water partition coefficient (Wildman–Crippen LogP) is 3.19. The molecular formula is C17H21F3N4O. The van der Waals surface area contributed by atoms with E-state index in [1.165, 1.54) is 4.90 Å². The molecule has 25 heavy (non-hydrogen) atoms. The number of carbonyl (C=O) groups excluding carboxylic acids is 1. The van der Waals surface area contributed by atoms with Crippen molar-refractivity contribution in [1.29, 1.82) is 0 Å². The summed E-state index contributed by atoms with van der Waals surface area (Å²) in [5.41, 5.74) is 1.71. The van der Waals surface area contributed by atoms with Crippen LogP contribution in [0.4, 0.5) is 18.9 Å². The Morgan fingerprint density at radius 2 is 2.20 bits per heavy atom. The number of rotatable bonds is 3. The third-order valence-corrected chi connectivity index (χ3v) is 4.94. The molecule has 2 atom stereocenters. The van der Waals surface area contributed by atoms with Gasteiger partial charge in [0.15, 0.2) is 0 Å². The number of piperidine rings is 1. The molecule has 1 amide bonds. The van der Waals surface area contributed by atoms with Gasteiger partial charge in [0.1, 0.15) is 12.1 Å². The third kappa shape index (κ3) is 3.72. The van der Waals surface area contributed by atoms with Gasteiger partial charge in [-0.2, -0.15) is 13.2 Å². The average Bonchev–Trinajstić information content (AvgIpc) is 3.01. The lowest BCUT2D eigenvalue weighted by Crippen LogP contribution is -2.53. The van der Waals surface area contributed by atoms with Crippen LogP contribution in [0.25, 0.3) is 11.0 Å². The lowest BCUT2D eigenvalue weighted by Gasteiger charge is -2.42. The Morgan fingerprint density at radius 1 is 1.44 bits per heavy atom. The molecule has 0 radical (unpaired) electrons. The van der Waals surface area contributed by atoms with E-state index in [1.807, 2.05) is 19.2 Å². The molecule has 5 nitrogen and oxygen atoms in total. The Balaban J connectivity index is 1.80. The summed E-state index contributed by atoms with van der Waals surface area (Å²) in [7, 11) is 1.92. The minimum Gasteiger partial charge on any atom is -0.369 e. The minimum absolute atomic E-state index is 0.0496. The Kier molecular flexibility index (Phi) is 4.62. The molecule has 2 aromatic heterocycles. The average molecular weight is 354 g/mol. The van der Waals surface area contributed by atoms with E-state index in [4.69, 9.17) is 0 Å². The number of likely N-dealkylation sites (tertiary alicyclic amines) is 1. The maximum atomic E-state index is 12.5. The monoisotopic (exact) mass is 354 g/mol. The molecular weight excluding hydrogens is 333 g/mol. The SMILES string of the molecule is C[C@@H]1CCN(C(=O)CC(F)(F)F)C[C@@H]1N(C)c1ccnc2[nH]ccc12. The molecule has 1 fully saturated rings. The van der Waals surface area contributed by atoms with Gasteiger partial charge < -0.3 is 14.8 Å². The number of carbonyl (C=O) groups is 1. The Labute approximate surface area is 143 Å². The van der Waals surface area contributed by atoms with E-state index in [0.717, 1.165) is 16.7 Å². The van der Waals surface area contributed by atoms with Crippen molar-refractivity contribution >= 4 is 22.6 Å². The molecule has 0 bridgehead atoms. The molecule has 0 spiro atoms. The van der Waals surface area contributed by atoms with Crippen LogP contribution in [0, 0.1) is 5.92 Å². The first-order chi connectivity index (χ1) is 11.8. The van der Waals surface area contributed by atoms with Gasteiger partial charge in [0.05, 0.1) is 0 Å². The first-order valence-electron chi connectivity index (χ1n) is 8.25. The fraction of sp³-hybridized carbons (Fsp3) is 0.529. The van der Waals surface area contributed by atoms with Crippen LogP contribution >= 0.6 is 0 Å². The van der Waals surface area contributed by atoms with Crippen molar-refractivity contribution in [2.45, 2.75) is 32.0 Å². The number of aromatic nitrogens is 2. The largest absolute Gasteiger partial charge is 0.397 e. The van der Waals surface area contributed by atoms with Gasteiger partial charge in [0, 0.05) is 49.6 Å². The Hall–Kier alpha value is -2.25. The number of hydrogen-bond donors (Lipinski definition) is 1. The van der Waals surface area contributed by atoms with Crippen LogP contribution in [-0.2, 0) is 4.79 Å². The fourth-order valence-electron chi connectivity index (χ4n) is 3.50. The smallest absolute Gasteiger partial charge is 0.369 e. The molecule has 0 saturated carbocycles. The van der Waals surface area contributed by atoms with Crippen LogP contribution in [0.3, 0.4) is 0 Å². The molecule has 8 heteroatoms. The zero-order valence-electron chi connectivity index (χ0n) is 14.2. The van der Waals surface area contributed by atoms with E-state index >= 15 is 0 Å². The first-order valence-corrected chi connectivity index (χ1v) is 8.25. The minimum atomic E-state index is -4.47. The van der Waals surface area contributed by atoms with Gasteiger partial charge in [-0.05, 0) is 24.5 Å². The summed E-state index contributed by atoms with van der Waals surface area (Å²) >= 11 is 0. The molecule has 0 unspecified atom stereocenters. The van der Waals surface area contributed by atoms with Crippen LogP contribution in [0.5, 0.6) is 0 Å². The summed E-state index contributed by atoms with van der Waals surface area (Å²) in [6, 6.07) is 3.76. The maximum absolute atomic E-state index is 12.5. The van der Waals surface area contributed by atoms with Crippen LogP contribution < -0.4 is 4.90 Å². The van der Waals surface area contributed by atoms with Gasteiger partial charge in [-0.15, -0.1) is 0 Å². The van der Waals surface area contributed by atoms with Crippen molar-refractivity contribution in [3.63, 3.8) is 0 Å². The number of halogens is 3. The predicted molar refractivity (Wildman–Crippen MR) is 89.3 cm³/mol. The zero-order chi connectivity index (χ0) is 18.2. The van der Waals surface area contributed by atoms with Gasteiger partial charge in [-0.1, -0.05) is 6.92 Å². The number of likely N-dealkylation sites (N-methyl/N-ethyl adjacent to an activating group) is 1. The number of alkyl halides is 3. The van der Waals surface area contributed by atoms with E-state index in [1.54, 1.807) is 12.4 Å². The fourth-order valence-corrected chi connectivity index (χ4v) is 3.50. The number of aromatic amines is 1. The molecule has 3 heterocycles. The van der Waals surface area contributed by atoms with Crippen molar-refractivity contribution in [1.82, 2.24) is 14.9 Å². The summed E-state index contributed by atoms with van der Waals surface area (Å²) in [5, 5.41) is 0.955. The number of nitrogens with zero attached hydrogens (tertiary/aromatic N) is 3. The highest BCUT2D eigenvalue weighted by Crippen LogP contribution is 2.31. The highest BCUT2D eigenvalue weighted by atomic mass is 19.4. The number of hydrogen-bond acceptors (Lipinski definition) is 3. The molecule has 1 N–H and O–H groups in total. The second-order valence-corrected chi connectivity index (χ2v) is 6.65. The molecule has 2 aromatic rings. The van der Waals surface area contributed by atoms with Crippen LogP contribution in [-0.4, -0.2) is 53.1 Å². The molecule has 0 aliphatic carbocycles. The number of fused-ring (bicyclic) bond motifs is 1. The molecule has 1 saturated heterocycles. The van der Waals surface area contributed by atoms with Gasteiger partial charge in [0.25, 0.3) is 0 Å². The van der Waals surface area contributed by atoms with Gasteiger partial charge in [-0.3, -0.25) is 4.79 Å². The van der Waals surface area contributed by atoms with Gasteiger partial charge in [0.2, 0.25) is 5.91 Å². The number of nitrogens with one attached hydrogen (secondary N) is 1. The van der Waals surface area contributed by atoms with Crippen molar-refractivity contribution in [2.75, 3.05) is 25.0 Å². The normalized spacial score (nSPS) is 21.6. The van der Waals surface area contributed by atoms with Crippen LogP contribution in [0.15, 0.2) is 24.5 Å². The summed E-state index contributed by atoms with van der Waals surface area (Å²) in [5.74, 6) is -0.582. The summed E-state index contributed by atoms with van der Waals surface area (Å²) in [6.07, 6.45) is -1.68. The molecule has 1 aliphatic heterocycles. The summed E-state index contributed by atoms with van der Waals surface area (Å²) in [6.45, 7) is 2.74.